The number of nitrogens with zero attached hydrogens (tertiary/aromatic N) is 3. The Hall–Kier alpha value is -2.77. The van der Waals surface area contributed by atoms with Gasteiger partial charge < -0.3 is 10.2 Å². The molecule has 3 rings (SSSR count). The molecule has 2 aromatic rings. The molecular formula is C35H54N4O3. The number of unbranched alkanes of at least 4 members (excludes halogenated alkanes) is 1. The minimum Gasteiger partial charge on any atom is -0.339 e. The fourth-order valence-electron chi connectivity index (χ4n) is 6.05. The van der Waals surface area contributed by atoms with E-state index in [-0.39, 0.29) is 29.2 Å². The highest BCUT2D eigenvalue weighted by molar-refractivity contribution is 6.25. The maximum Gasteiger partial charge on any atom is 0.261 e. The van der Waals surface area contributed by atoms with Crippen LogP contribution in [0.2, 0.25) is 0 Å². The minimum absolute atomic E-state index is 0.0199. The van der Waals surface area contributed by atoms with E-state index in [4.69, 9.17) is 0 Å². The molecule has 0 bridgehead atoms. The van der Waals surface area contributed by atoms with Crippen LogP contribution in [0.25, 0.3) is 10.8 Å². The summed E-state index contributed by atoms with van der Waals surface area (Å²) in [6, 6.07) is 11.9. The Labute approximate surface area is 254 Å². The largest absolute Gasteiger partial charge is 0.339 e. The molecule has 1 N–H and O–H groups in total. The fourth-order valence-corrected chi connectivity index (χ4v) is 6.05. The average molecular weight is 579 g/mol. The topological polar surface area (TPSA) is 73.0 Å². The van der Waals surface area contributed by atoms with Crippen molar-refractivity contribution < 1.29 is 14.4 Å². The highest BCUT2D eigenvalue weighted by atomic mass is 16.2. The maximum absolute atomic E-state index is 13.3. The second kappa shape index (κ2) is 15.1. The molecule has 0 saturated heterocycles. The number of hydrogen-bond acceptors (Lipinski definition) is 5. The number of amides is 3. The predicted molar refractivity (Wildman–Crippen MR) is 173 cm³/mol. The lowest BCUT2D eigenvalue weighted by Gasteiger charge is -2.41. The molecule has 1 heterocycles. The first-order valence-corrected chi connectivity index (χ1v) is 16.0. The van der Waals surface area contributed by atoms with Crippen molar-refractivity contribution in [2.75, 3.05) is 39.3 Å². The molecule has 2 atom stereocenters. The number of nitrogens with one attached hydrogen (secondary N) is 1. The Morgan fingerprint density at radius 2 is 1.55 bits per heavy atom. The molecule has 0 saturated carbocycles. The number of carbonyl (C=O) groups is 3. The van der Waals surface area contributed by atoms with Crippen molar-refractivity contribution in [1.82, 2.24) is 20.0 Å². The van der Waals surface area contributed by atoms with Crippen molar-refractivity contribution in [3.63, 3.8) is 0 Å². The smallest absolute Gasteiger partial charge is 0.261 e. The minimum atomic E-state index is -0.184. The van der Waals surface area contributed by atoms with Crippen LogP contribution in [0.1, 0.15) is 102 Å². The van der Waals surface area contributed by atoms with Gasteiger partial charge in [-0.3, -0.25) is 24.2 Å². The zero-order chi connectivity index (χ0) is 31.0. The molecule has 232 valence electrons. The van der Waals surface area contributed by atoms with Crippen LogP contribution < -0.4 is 5.32 Å². The molecule has 2 aromatic carbocycles. The van der Waals surface area contributed by atoms with E-state index < -0.39 is 0 Å². The SMILES string of the molecule is CCC(=O)N(CCNCC(C)(C)C(C)N(CCCCN1C(=O)c2cccc3cccc(c23)C1=O)CC(C)C)C(C)CC. The first kappa shape index (κ1) is 33.7. The number of benzene rings is 2. The van der Waals surface area contributed by atoms with Gasteiger partial charge in [0.15, 0.2) is 0 Å². The second-order valence-electron chi connectivity index (χ2n) is 13.1. The lowest BCUT2D eigenvalue weighted by molar-refractivity contribution is -0.132. The second-order valence-corrected chi connectivity index (χ2v) is 13.1. The molecular weight excluding hydrogens is 524 g/mol. The van der Waals surface area contributed by atoms with E-state index in [0.29, 0.717) is 36.1 Å². The summed E-state index contributed by atoms with van der Waals surface area (Å²) in [5.41, 5.74) is 1.27. The number of imide groups is 1. The molecule has 7 nitrogen and oxygen atoms in total. The van der Waals surface area contributed by atoms with Gasteiger partial charge in [-0.1, -0.05) is 65.8 Å². The molecule has 42 heavy (non-hydrogen) atoms. The first-order valence-electron chi connectivity index (χ1n) is 16.0. The Bertz CT molecular complexity index is 1170. The lowest BCUT2D eigenvalue weighted by atomic mass is 9.83. The average Bonchev–Trinajstić information content (AvgIpc) is 2.97. The Kier molecular flexibility index (Phi) is 12.1. The third-order valence-electron chi connectivity index (χ3n) is 9.07. The van der Waals surface area contributed by atoms with Crippen LogP contribution in [-0.4, -0.2) is 83.8 Å². The molecule has 3 amide bonds. The molecule has 0 fully saturated rings. The molecule has 1 aliphatic rings. The molecule has 0 spiro atoms. The van der Waals surface area contributed by atoms with Crippen molar-refractivity contribution in [1.29, 1.82) is 0 Å². The summed E-state index contributed by atoms with van der Waals surface area (Å²) < 4.78 is 0. The van der Waals surface area contributed by atoms with Crippen LogP contribution in [-0.2, 0) is 4.79 Å². The third kappa shape index (κ3) is 7.99. The normalized spacial score (nSPS) is 15.1. The van der Waals surface area contributed by atoms with E-state index in [9.17, 15) is 14.4 Å². The van der Waals surface area contributed by atoms with E-state index in [1.165, 1.54) is 4.90 Å². The predicted octanol–water partition coefficient (Wildman–Crippen LogP) is 6.22. The van der Waals surface area contributed by atoms with Gasteiger partial charge in [-0.05, 0) is 68.5 Å². The number of rotatable bonds is 17. The quantitative estimate of drug-likeness (QED) is 0.178. The van der Waals surface area contributed by atoms with E-state index in [1.54, 1.807) is 0 Å². The van der Waals surface area contributed by atoms with Gasteiger partial charge in [-0.2, -0.15) is 0 Å². The van der Waals surface area contributed by atoms with Crippen LogP contribution in [0.15, 0.2) is 36.4 Å². The first-order chi connectivity index (χ1) is 19.9. The van der Waals surface area contributed by atoms with Gasteiger partial charge in [0.1, 0.15) is 0 Å². The number of hydrogen-bond donors (Lipinski definition) is 1. The molecule has 7 heteroatoms. The highest BCUT2D eigenvalue weighted by Gasteiger charge is 2.33. The molecule has 0 radical (unpaired) electrons. The Balaban J connectivity index is 1.55. The van der Waals surface area contributed by atoms with Gasteiger partial charge in [0, 0.05) is 67.7 Å². The van der Waals surface area contributed by atoms with Gasteiger partial charge in [0.2, 0.25) is 5.91 Å². The summed E-state index contributed by atoms with van der Waals surface area (Å²) in [6.07, 6.45) is 3.18. The Morgan fingerprint density at radius 1 is 0.929 bits per heavy atom. The Morgan fingerprint density at radius 3 is 2.10 bits per heavy atom. The monoisotopic (exact) mass is 578 g/mol. The van der Waals surface area contributed by atoms with Crippen LogP contribution in [0.5, 0.6) is 0 Å². The van der Waals surface area contributed by atoms with Crippen LogP contribution in [0.3, 0.4) is 0 Å². The van der Waals surface area contributed by atoms with E-state index in [2.05, 4.69) is 58.7 Å². The summed E-state index contributed by atoms with van der Waals surface area (Å²) in [6.45, 7) is 22.3. The maximum atomic E-state index is 13.3. The van der Waals surface area contributed by atoms with Crippen molar-refractivity contribution in [2.45, 2.75) is 93.2 Å². The lowest BCUT2D eigenvalue weighted by Crippen LogP contribution is -2.50. The van der Waals surface area contributed by atoms with E-state index in [1.807, 2.05) is 48.2 Å². The molecule has 1 aliphatic heterocycles. The zero-order valence-electron chi connectivity index (χ0n) is 27.3. The summed E-state index contributed by atoms with van der Waals surface area (Å²) >= 11 is 0. The summed E-state index contributed by atoms with van der Waals surface area (Å²) in [5.74, 6) is 0.381. The molecule has 0 aromatic heterocycles. The van der Waals surface area contributed by atoms with Crippen molar-refractivity contribution in [3.05, 3.63) is 47.5 Å². The van der Waals surface area contributed by atoms with Crippen LogP contribution >= 0.6 is 0 Å². The number of carbonyl (C=O) groups excluding carboxylic acids is 3. The third-order valence-corrected chi connectivity index (χ3v) is 9.07. The van der Waals surface area contributed by atoms with Crippen molar-refractivity contribution in [3.8, 4) is 0 Å². The molecule has 2 unspecified atom stereocenters. The van der Waals surface area contributed by atoms with Crippen molar-refractivity contribution >= 4 is 28.5 Å². The van der Waals surface area contributed by atoms with E-state index >= 15 is 0 Å². The van der Waals surface area contributed by atoms with Gasteiger partial charge in [0.05, 0.1) is 0 Å². The van der Waals surface area contributed by atoms with Gasteiger partial charge in [0.25, 0.3) is 11.8 Å². The highest BCUT2D eigenvalue weighted by Crippen LogP contribution is 2.30. The van der Waals surface area contributed by atoms with Gasteiger partial charge in [-0.15, -0.1) is 0 Å². The van der Waals surface area contributed by atoms with Crippen LogP contribution in [0.4, 0.5) is 0 Å². The van der Waals surface area contributed by atoms with Crippen LogP contribution in [0, 0.1) is 11.3 Å². The summed E-state index contributed by atoms with van der Waals surface area (Å²) in [5, 5.41) is 5.35. The molecule has 0 aliphatic carbocycles. The fraction of sp³-hybridized carbons (Fsp3) is 0.629. The van der Waals surface area contributed by atoms with Gasteiger partial charge in [-0.25, -0.2) is 0 Å². The van der Waals surface area contributed by atoms with Crippen molar-refractivity contribution in [2.24, 2.45) is 11.3 Å². The van der Waals surface area contributed by atoms with E-state index in [0.717, 1.165) is 62.8 Å². The summed E-state index contributed by atoms with van der Waals surface area (Å²) in [4.78, 5) is 45.0. The standard InChI is InChI=1S/C35H54N4O3/c1-9-26(5)38(31(40)10-2)22-19-36-24-35(7,8)27(6)37(23-25(3)4)20-11-12-21-39-33(41)29-17-13-15-28-16-14-18-30(32(28)29)34(39)42/h13-18,25-27,36H,9-12,19-24H2,1-8H3. The zero-order valence-corrected chi connectivity index (χ0v) is 27.3. The summed E-state index contributed by atoms with van der Waals surface area (Å²) in [7, 11) is 0. The van der Waals surface area contributed by atoms with Gasteiger partial charge >= 0.3 is 0 Å².